The molecule has 3 aromatic rings. The Morgan fingerprint density at radius 2 is 1.76 bits per heavy atom. The molecule has 0 aliphatic rings. The van der Waals surface area contributed by atoms with Crippen molar-refractivity contribution in [3.05, 3.63) is 60.2 Å². The predicted molar refractivity (Wildman–Crippen MR) is 113 cm³/mol. The first kappa shape index (κ1) is 20.4. The monoisotopic (exact) mass is 394 g/mol. The summed E-state index contributed by atoms with van der Waals surface area (Å²) in [6.07, 6.45) is 1.68. The number of carbonyl (C=O) groups is 2. The molecule has 0 aliphatic heterocycles. The SMILES string of the molecule is CC(C)CNC(=O)c1nc(C(=O)Nc2ccccc2OC(C)C)n2ccccc12. The van der Waals surface area contributed by atoms with E-state index in [4.69, 9.17) is 4.74 Å². The van der Waals surface area contributed by atoms with Crippen LogP contribution in [0.25, 0.3) is 5.52 Å². The summed E-state index contributed by atoms with van der Waals surface area (Å²) >= 11 is 0. The van der Waals surface area contributed by atoms with Crippen molar-refractivity contribution in [3.8, 4) is 5.75 Å². The number of imidazole rings is 1. The van der Waals surface area contributed by atoms with Gasteiger partial charge in [-0.2, -0.15) is 0 Å². The molecule has 1 aromatic carbocycles. The lowest BCUT2D eigenvalue weighted by molar-refractivity contribution is 0.0946. The number of para-hydroxylation sites is 2. The van der Waals surface area contributed by atoms with Gasteiger partial charge in [0, 0.05) is 12.7 Å². The molecule has 0 saturated carbocycles. The minimum atomic E-state index is -0.422. The lowest BCUT2D eigenvalue weighted by Crippen LogP contribution is -2.27. The normalized spacial score (nSPS) is 11.1. The Hall–Kier alpha value is -3.35. The van der Waals surface area contributed by atoms with Gasteiger partial charge in [-0.05, 0) is 44.0 Å². The highest BCUT2D eigenvalue weighted by molar-refractivity contribution is 6.06. The van der Waals surface area contributed by atoms with Crippen LogP contribution in [0.1, 0.15) is 48.8 Å². The second-order valence-electron chi connectivity index (χ2n) is 7.46. The van der Waals surface area contributed by atoms with Crippen molar-refractivity contribution in [2.24, 2.45) is 5.92 Å². The summed E-state index contributed by atoms with van der Waals surface area (Å²) < 4.78 is 7.38. The zero-order chi connectivity index (χ0) is 21.0. The van der Waals surface area contributed by atoms with Crippen LogP contribution in [0.2, 0.25) is 0 Å². The number of ether oxygens (including phenoxy) is 1. The second-order valence-corrected chi connectivity index (χ2v) is 7.46. The third-order valence-corrected chi connectivity index (χ3v) is 4.14. The van der Waals surface area contributed by atoms with Gasteiger partial charge in [0.1, 0.15) is 5.75 Å². The topological polar surface area (TPSA) is 84.7 Å². The van der Waals surface area contributed by atoms with Crippen molar-refractivity contribution in [1.29, 1.82) is 0 Å². The fraction of sp³-hybridized carbons (Fsp3) is 0.318. The molecule has 2 amide bonds. The molecular formula is C22H26N4O3. The Bertz CT molecular complexity index is 1020. The highest BCUT2D eigenvalue weighted by Crippen LogP contribution is 2.25. The number of aromatic nitrogens is 2. The maximum atomic E-state index is 13.0. The van der Waals surface area contributed by atoms with Crippen LogP contribution in [0.15, 0.2) is 48.7 Å². The molecule has 2 N–H and O–H groups in total. The molecule has 7 heteroatoms. The van der Waals surface area contributed by atoms with E-state index in [9.17, 15) is 9.59 Å². The number of hydrogen-bond acceptors (Lipinski definition) is 4. The molecule has 0 atom stereocenters. The van der Waals surface area contributed by atoms with E-state index in [2.05, 4.69) is 15.6 Å². The van der Waals surface area contributed by atoms with Gasteiger partial charge in [0.15, 0.2) is 5.69 Å². The number of nitrogens with zero attached hydrogens (tertiary/aromatic N) is 2. The van der Waals surface area contributed by atoms with Crippen LogP contribution in [-0.2, 0) is 0 Å². The molecule has 0 aliphatic carbocycles. The molecule has 0 spiro atoms. The van der Waals surface area contributed by atoms with E-state index in [1.807, 2.05) is 45.9 Å². The van der Waals surface area contributed by atoms with Crippen LogP contribution in [0.4, 0.5) is 5.69 Å². The van der Waals surface area contributed by atoms with E-state index in [-0.39, 0.29) is 23.5 Å². The molecule has 2 heterocycles. The average Bonchev–Trinajstić information content (AvgIpc) is 3.07. The van der Waals surface area contributed by atoms with Crippen molar-refractivity contribution in [2.75, 3.05) is 11.9 Å². The fourth-order valence-corrected chi connectivity index (χ4v) is 2.85. The van der Waals surface area contributed by atoms with Gasteiger partial charge >= 0.3 is 0 Å². The van der Waals surface area contributed by atoms with Gasteiger partial charge in [0.25, 0.3) is 11.8 Å². The van der Waals surface area contributed by atoms with E-state index in [1.54, 1.807) is 34.9 Å². The highest BCUT2D eigenvalue weighted by atomic mass is 16.5. The van der Waals surface area contributed by atoms with Crippen molar-refractivity contribution in [2.45, 2.75) is 33.8 Å². The molecule has 3 rings (SSSR count). The van der Waals surface area contributed by atoms with E-state index in [1.165, 1.54) is 0 Å². The van der Waals surface area contributed by atoms with Crippen molar-refractivity contribution >= 4 is 23.0 Å². The van der Waals surface area contributed by atoms with Gasteiger partial charge in [-0.3, -0.25) is 14.0 Å². The van der Waals surface area contributed by atoms with Gasteiger partial charge in [-0.1, -0.05) is 32.0 Å². The molecule has 0 unspecified atom stereocenters. The molecule has 0 fully saturated rings. The number of rotatable bonds is 7. The second kappa shape index (κ2) is 8.77. The Morgan fingerprint density at radius 3 is 2.48 bits per heavy atom. The molecule has 2 aromatic heterocycles. The Balaban J connectivity index is 1.92. The van der Waals surface area contributed by atoms with Crippen LogP contribution < -0.4 is 15.4 Å². The van der Waals surface area contributed by atoms with E-state index in [0.29, 0.717) is 29.4 Å². The molecule has 152 valence electrons. The number of carbonyl (C=O) groups excluding carboxylic acids is 2. The van der Waals surface area contributed by atoms with E-state index < -0.39 is 5.91 Å². The fourth-order valence-electron chi connectivity index (χ4n) is 2.85. The molecular weight excluding hydrogens is 368 g/mol. The van der Waals surface area contributed by atoms with E-state index >= 15 is 0 Å². The third-order valence-electron chi connectivity index (χ3n) is 4.14. The minimum Gasteiger partial charge on any atom is -0.489 e. The first-order valence-electron chi connectivity index (χ1n) is 9.69. The number of pyridine rings is 1. The van der Waals surface area contributed by atoms with Crippen molar-refractivity contribution < 1.29 is 14.3 Å². The summed E-state index contributed by atoms with van der Waals surface area (Å²) in [5.74, 6) is 0.299. The summed E-state index contributed by atoms with van der Waals surface area (Å²) in [6.45, 7) is 8.40. The number of nitrogens with one attached hydrogen (secondary N) is 2. The van der Waals surface area contributed by atoms with Crippen molar-refractivity contribution in [1.82, 2.24) is 14.7 Å². The third kappa shape index (κ3) is 4.74. The summed E-state index contributed by atoms with van der Waals surface area (Å²) in [5, 5.41) is 5.70. The maximum absolute atomic E-state index is 13.0. The highest BCUT2D eigenvalue weighted by Gasteiger charge is 2.22. The van der Waals surface area contributed by atoms with Crippen LogP contribution in [0, 0.1) is 5.92 Å². The average molecular weight is 394 g/mol. The summed E-state index contributed by atoms with van der Waals surface area (Å²) in [5.41, 5.74) is 1.35. The Kier molecular flexibility index (Phi) is 6.16. The van der Waals surface area contributed by atoms with Gasteiger partial charge in [-0.15, -0.1) is 0 Å². The van der Waals surface area contributed by atoms with Gasteiger partial charge in [-0.25, -0.2) is 4.98 Å². The quantitative estimate of drug-likeness (QED) is 0.639. The smallest absolute Gasteiger partial charge is 0.292 e. The summed E-state index contributed by atoms with van der Waals surface area (Å²) in [4.78, 5) is 29.9. The first-order valence-corrected chi connectivity index (χ1v) is 9.69. The van der Waals surface area contributed by atoms with Gasteiger partial charge < -0.3 is 15.4 Å². The van der Waals surface area contributed by atoms with Crippen molar-refractivity contribution in [3.63, 3.8) is 0 Å². The van der Waals surface area contributed by atoms with Gasteiger partial charge in [0.2, 0.25) is 5.82 Å². The lowest BCUT2D eigenvalue weighted by atomic mass is 10.2. The lowest BCUT2D eigenvalue weighted by Gasteiger charge is -2.14. The molecule has 29 heavy (non-hydrogen) atoms. The Morgan fingerprint density at radius 1 is 1.03 bits per heavy atom. The standard InChI is InChI=1S/C22H26N4O3/c1-14(2)13-23-21(27)19-17-10-7-8-12-26(17)20(25-19)22(28)24-16-9-5-6-11-18(16)29-15(3)4/h5-12,14-15H,13H2,1-4H3,(H,23,27)(H,24,28). The molecule has 7 nitrogen and oxygen atoms in total. The largest absolute Gasteiger partial charge is 0.489 e. The predicted octanol–water partition coefficient (Wildman–Crippen LogP) is 3.76. The van der Waals surface area contributed by atoms with Crippen LogP contribution in [-0.4, -0.2) is 33.8 Å². The number of hydrogen-bond donors (Lipinski definition) is 2. The number of amides is 2. The zero-order valence-corrected chi connectivity index (χ0v) is 17.1. The molecule has 0 saturated heterocycles. The minimum absolute atomic E-state index is 0.0310. The van der Waals surface area contributed by atoms with Gasteiger partial charge in [0.05, 0.1) is 17.3 Å². The Labute approximate surface area is 170 Å². The molecule has 0 bridgehead atoms. The number of anilines is 1. The number of fused-ring (bicyclic) bond motifs is 1. The number of benzene rings is 1. The van der Waals surface area contributed by atoms with Crippen LogP contribution in [0.5, 0.6) is 5.75 Å². The van der Waals surface area contributed by atoms with Crippen LogP contribution in [0.3, 0.4) is 0 Å². The van der Waals surface area contributed by atoms with E-state index in [0.717, 1.165) is 0 Å². The van der Waals surface area contributed by atoms with Crippen LogP contribution >= 0.6 is 0 Å². The summed E-state index contributed by atoms with van der Waals surface area (Å²) in [7, 11) is 0. The molecule has 0 radical (unpaired) electrons. The first-order chi connectivity index (χ1) is 13.9. The zero-order valence-electron chi connectivity index (χ0n) is 17.1. The summed E-state index contributed by atoms with van der Waals surface area (Å²) in [6, 6.07) is 12.6. The maximum Gasteiger partial charge on any atom is 0.292 e.